The number of ether oxygens (including phenoxy) is 1. The van der Waals surface area contributed by atoms with Gasteiger partial charge in [-0.15, -0.1) is 22.7 Å². The molecule has 7 heteroatoms. The van der Waals surface area contributed by atoms with Crippen molar-refractivity contribution in [2.45, 2.75) is 52.9 Å². The summed E-state index contributed by atoms with van der Waals surface area (Å²) < 4.78 is 9.56. The molecule has 0 aliphatic carbocycles. The summed E-state index contributed by atoms with van der Waals surface area (Å²) in [7, 11) is 0. The van der Waals surface area contributed by atoms with Crippen LogP contribution < -0.4 is 9.80 Å². The van der Waals surface area contributed by atoms with Gasteiger partial charge in [0.15, 0.2) is 0 Å². The number of thiophene rings is 2. The quantitative estimate of drug-likeness (QED) is 0.0759. The zero-order chi connectivity index (χ0) is 46.0. The van der Waals surface area contributed by atoms with Gasteiger partial charge in [0, 0.05) is 56.5 Å². The Morgan fingerprint density at radius 1 is 0.478 bits per heavy atom. The highest BCUT2D eigenvalue weighted by atomic mass is 32.1. The van der Waals surface area contributed by atoms with Crippen LogP contribution in [-0.2, 0) is 16.0 Å². The minimum Gasteiger partial charge on any atom is -0.466 e. The predicted octanol–water partition coefficient (Wildman–Crippen LogP) is 17.9. The number of unbranched alkanes of at least 4 members (excludes halogenated alkanes) is 3. The maximum Gasteiger partial charge on any atom is 0.302 e. The van der Waals surface area contributed by atoms with E-state index in [1.165, 1.54) is 85.2 Å². The first-order chi connectivity index (χ1) is 33.0. The van der Waals surface area contributed by atoms with Crippen LogP contribution in [-0.4, -0.2) is 17.1 Å². The van der Waals surface area contributed by atoms with Crippen LogP contribution in [0.25, 0.3) is 47.0 Å². The molecule has 67 heavy (non-hydrogen) atoms. The highest BCUT2D eigenvalue weighted by molar-refractivity contribution is 7.30. The Hall–Kier alpha value is -7.19. The molecule has 10 rings (SSSR count). The number of benzene rings is 7. The molecule has 5 nitrogen and oxygen atoms in total. The molecule has 0 aliphatic heterocycles. The standard InChI is InChI=1S/C56H47N3S2.C4H8O2/c1-2-3-4-9-18-41-27-33-50(34-28-41)59-51-39-53(42-29-35-48(36-30-42)57(44-19-10-5-11-20-44)45-21-12-6-13-22-45)60-55(51)56-52(59)40-54(61-56)43-31-37-49(38-32-43)58(46-23-14-7-15-24-46)47-25-16-8-17-26-47;1-3-6-4(2)5/h5-8,10-17,19-40H,2-4,9,18H2,1H3;3H2,1-2H3. The van der Waals surface area contributed by atoms with Crippen molar-refractivity contribution in [1.29, 1.82) is 0 Å². The summed E-state index contributed by atoms with van der Waals surface area (Å²) in [6.07, 6.45) is 6.24. The molecule has 0 atom stereocenters. The number of carbonyl (C=O) groups is 1. The smallest absolute Gasteiger partial charge is 0.302 e. The summed E-state index contributed by atoms with van der Waals surface area (Å²) in [5.41, 5.74) is 14.4. The van der Waals surface area contributed by atoms with Gasteiger partial charge in [-0.05, 0) is 134 Å². The zero-order valence-corrected chi connectivity index (χ0v) is 40.0. The summed E-state index contributed by atoms with van der Waals surface area (Å²) in [5, 5.41) is 0. The molecule has 0 saturated carbocycles. The van der Waals surface area contributed by atoms with Crippen LogP contribution in [0.15, 0.2) is 206 Å². The highest BCUT2D eigenvalue weighted by Crippen LogP contribution is 2.47. The molecule has 3 heterocycles. The Kier molecular flexibility index (Phi) is 14.4. The lowest BCUT2D eigenvalue weighted by Crippen LogP contribution is -2.09. The number of para-hydroxylation sites is 4. The van der Waals surface area contributed by atoms with Gasteiger partial charge >= 0.3 is 5.97 Å². The van der Waals surface area contributed by atoms with Gasteiger partial charge in [-0.3, -0.25) is 4.79 Å². The fourth-order valence-corrected chi connectivity index (χ4v) is 11.1. The molecule has 0 fully saturated rings. The number of carbonyl (C=O) groups excluding carboxylic acids is 1. The summed E-state index contributed by atoms with van der Waals surface area (Å²) >= 11 is 3.80. The average molecular weight is 914 g/mol. The van der Waals surface area contributed by atoms with Crippen LogP contribution in [0.3, 0.4) is 0 Å². The van der Waals surface area contributed by atoms with Crippen molar-refractivity contribution in [1.82, 2.24) is 4.57 Å². The van der Waals surface area contributed by atoms with Crippen molar-refractivity contribution in [3.05, 3.63) is 212 Å². The molecule has 0 aliphatic rings. The SMILES string of the molecule is CCCCCCc1ccc(-n2c3cc(-c4ccc(N(c5ccccc5)c5ccccc5)cc4)sc3c3sc(-c4ccc(N(c5ccccc5)c5ccccc5)cc4)cc32)cc1.CCOC(C)=O. The number of esters is 1. The van der Waals surface area contributed by atoms with Crippen molar-refractivity contribution in [2.24, 2.45) is 0 Å². The molecule has 0 saturated heterocycles. The first-order valence-corrected chi connectivity index (χ1v) is 24.9. The summed E-state index contributed by atoms with van der Waals surface area (Å²) in [4.78, 5) is 17.0. The van der Waals surface area contributed by atoms with Crippen molar-refractivity contribution >= 4 is 83.2 Å². The van der Waals surface area contributed by atoms with Gasteiger partial charge in [-0.25, -0.2) is 0 Å². The topological polar surface area (TPSA) is 37.7 Å². The van der Waals surface area contributed by atoms with Crippen LogP contribution in [0.1, 0.15) is 52.0 Å². The maximum absolute atomic E-state index is 9.82. The number of anilines is 6. The van der Waals surface area contributed by atoms with Gasteiger partial charge in [0.2, 0.25) is 0 Å². The molecule has 334 valence electrons. The molecule has 10 aromatic rings. The van der Waals surface area contributed by atoms with Crippen LogP contribution in [0.5, 0.6) is 0 Å². The summed E-state index contributed by atoms with van der Waals surface area (Å²) in [5.74, 6) is -0.211. The van der Waals surface area contributed by atoms with Crippen LogP contribution in [0, 0.1) is 0 Å². The van der Waals surface area contributed by atoms with E-state index in [0.29, 0.717) is 6.61 Å². The second-order valence-corrected chi connectivity index (χ2v) is 18.6. The summed E-state index contributed by atoms with van der Waals surface area (Å²) in [6.45, 7) is 5.93. The predicted molar refractivity (Wildman–Crippen MR) is 287 cm³/mol. The van der Waals surface area contributed by atoms with E-state index in [2.05, 4.69) is 232 Å². The third-order valence-corrected chi connectivity index (χ3v) is 14.4. The number of fused-ring (bicyclic) bond motifs is 3. The lowest BCUT2D eigenvalue weighted by atomic mass is 10.1. The molecule has 0 unspecified atom stereocenters. The maximum atomic E-state index is 9.82. The van der Waals surface area contributed by atoms with E-state index in [9.17, 15) is 4.79 Å². The van der Waals surface area contributed by atoms with Crippen LogP contribution in [0.4, 0.5) is 34.1 Å². The molecular formula is C60H55N3O2S2. The van der Waals surface area contributed by atoms with Gasteiger partial charge in [0.25, 0.3) is 0 Å². The van der Waals surface area contributed by atoms with Crippen molar-refractivity contribution < 1.29 is 9.53 Å². The Labute approximate surface area is 402 Å². The first kappa shape index (κ1) is 45.0. The molecule has 0 amide bonds. The number of aromatic nitrogens is 1. The number of nitrogens with zero attached hydrogens (tertiary/aromatic N) is 3. The minimum absolute atomic E-state index is 0.211. The van der Waals surface area contributed by atoms with Crippen molar-refractivity contribution in [2.75, 3.05) is 16.4 Å². The lowest BCUT2D eigenvalue weighted by Gasteiger charge is -2.25. The fraction of sp³-hybridized carbons (Fsp3) is 0.150. The third kappa shape index (κ3) is 10.3. The van der Waals surface area contributed by atoms with Gasteiger partial charge < -0.3 is 19.1 Å². The average Bonchev–Trinajstić information content (AvgIpc) is 4.07. The van der Waals surface area contributed by atoms with E-state index in [1.807, 2.05) is 22.7 Å². The van der Waals surface area contributed by atoms with E-state index in [0.717, 1.165) is 40.5 Å². The van der Waals surface area contributed by atoms with Gasteiger partial charge in [-0.2, -0.15) is 0 Å². The highest BCUT2D eigenvalue weighted by Gasteiger charge is 2.21. The van der Waals surface area contributed by atoms with Crippen molar-refractivity contribution in [3.8, 4) is 26.6 Å². The second-order valence-electron chi connectivity index (χ2n) is 16.5. The Bertz CT molecular complexity index is 2870. The minimum atomic E-state index is -0.211. The van der Waals surface area contributed by atoms with E-state index < -0.39 is 0 Å². The Morgan fingerprint density at radius 2 is 0.866 bits per heavy atom. The zero-order valence-electron chi connectivity index (χ0n) is 38.3. The second kappa shape index (κ2) is 21.4. The number of hydrogen-bond donors (Lipinski definition) is 0. The molecular weight excluding hydrogens is 859 g/mol. The molecule has 0 radical (unpaired) electrons. The largest absolute Gasteiger partial charge is 0.466 e. The summed E-state index contributed by atoms with van der Waals surface area (Å²) in [6, 6.07) is 74.8. The first-order valence-electron chi connectivity index (χ1n) is 23.3. The van der Waals surface area contributed by atoms with Gasteiger partial charge in [0.05, 0.1) is 27.0 Å². The van der Waals surface area contributed by atoms with Crippen molar-refractivity contribution in [3.63, 3.8) is 0 Å². The molecule has 3 aromatic heterocycles. The van der Waals surface area contributed by atoms with E-state index >= 15 is 0 Å². The van der Waals surface area contributed by atoms with Crippen LogP contribution in [0.2, 0.25) is 0 Å². The normalized spacial score (nSPS) is 11.0. The van der Waals surface area contributed by atoms with Gasteiger partial charge in [-0.1, -0.05) is 135 Å². The molecule has 0 N–H and O–H groups in total. The van der Waals surface area contributed by atoms with Gasteiger partial charge in [0.1, 0.15) is 0 Å². The van der Waals surface area contributed by atoms with E-state index in [4.69, 9.17) is 0 Å². The van der Waals surface area contributed by atoms with Crippen LogP contribution >= 0.6 is 22.7 Å². The fourth-order valence-electron chi connectivity index (χ4n) is 8.64. The number of rotatable bonds is 15. The van der Waals surface area contributed by atoms with E-state index in [-0.39, 0.29) is 5.97 Å². The number of aryl methyl sites for hydroxylation is 1. The Morgan fingerprint density at radius 3 is 1.21 bits per heavy atom. The van der Waals surface area contributed by atoms with E-state index in [1.54, 1.807) is 6.92 Å². The monoisotopic (exact) mass is 913 g/mol. The number of hydrogen-bond acceptors (Lipinski definition) is 6. The molecule has 7 aromatic carbocycles. The molecule has 0 bridgehead atoms. The lowest BCUT2D eigenvalue weighted by molar-refractivity contribution is -0.140. The molecule has 0 spiro atoms. The Balaban J connectivity index is 0.000000881. The third-order valence-electron chi connectivity index (χ3n) is 11.9.